The minimum atomic E-state index is 0.358. The largest absolute Gasteiger partial charge is 0.508 e. The van der Waals surface area contributed by atoms with Crippen LogP contribution >= 0.6 is 0 Å². The zero-order chi connectivity index (χ0) is 12.8. The van der Waals surface area contributed by atoms with Gasteiger partial charge in [-0.1, -0.05) is 40.0 Å². The lowest BCUT2D eigenvalue weighted by Crippen LogP contribution is -1.99. The van der Waals surface area contributed by atoms with Crippen molar-refractivity contribution in [3.63, 3.8) is 0 Å². The molecule has 1 rings (SSSR count). The van der Waals surface area contributed by atoms with Crippen LogP contribution in [0.1, 0.15) is 56.7 Å². The lowest BCUT2D eigenvalue weighted by atomic mass is 9.93. The first kappa shape index (κ1) is 13.9. The predicted molar refractivity (Wildman–Crippen MR) is 71.8 cm³/mol. The van der Waals surface area contributed by atoms with Gasteiger partial charge in [0.2, 0.25) is 0 Å². The van der Waals surface area contributed by atoms with E-state index in [4.69, 9.17) is 0 Å². The SMILES string of the molecule is CCCc1cc(O)c(CCC)c(CCC)c1O. The summed E-state index contributed by atoms with van der Waals surface area (Å²) in [6.45, 7) is 6.26. The Kier molecular flexibility index (Phi) is 5.33. The van der Waals surface area contributed by atoms with Gasteiger partial charge in [-0.2, -0.15) is 0 Å². The van der Waals surface area contributed by atoms with Crippen molar-refractivity contribution >= 4 is 0 Å². The third-order valence-electron chi connectivity index (χ3n) is 3.09. The molecule has 0 saturated heterocycles. The Hall–Kier alpha value is -1.18. The molecule has 96 valence electrons. The molecule has 0 radical (unpaired) electrons. The summed E-state index contributed by atoms with van der Waals surface area (Å²) in [5, 5.41) is 20.3. The predicted octanol–water partition coefficient (Wildman–Crippen LogP) is 3.96. The van der Waals surface area contributed by atoms with Crippen LogP contribution in [0.3, 0.4) is 0 Å². The van der Waals surface area contributed by atoms with Gasteiger partial charge in [0.25, 0.3) is 0 Å². The Labute approximate surface area is 104 Å². The average molecular weight is 236 g/mol. The van der Waals surface area contributed by atoms with Gasteiger partial charge in [0.15, 0.2) is 0 Å². The number of benzene rings is 1. The Bertz CT molecular complexity index is 370. The maximum atomic E-state index is 10.3. The van der Waals surface area contributed by atoms with Crippen LogP contribution < -0.4 is 0 Å². The van der Waals surface area contributed by atoms with Crippen LogP contribution in [0, 0.1) is 0 Å². The lowest BCUT2D eigenvalue weighted by Gasteiger charge is -2.16. The van der Waals surface area contributed by atoms with Crippen molar-refractivity contribution in [3.8, 4) is 11.5 Å². The minimum Gasteiger partial charge on any atom is -0.508 e. The molecular weight excluding hydrogens is 212 g/mol. The summed E-state index contributed by atoms with van der Waals surface area (Å²) in [5.41, 5.74) is 2.78. The molecule has 0 atom stereocenters. The van der Waals surface area contributed by atoms with Gasteiger partial charge in [-0.3, -0.25) is 0 Å². The van der Waals surface area contributed by atoms with Crippen molar-refractivity contribution in [3.05, 3.63) is 22.8 Å². The second-order valence-electron chi connectivity index (χ2n) is 4.61. The summed E-state index contributed by atoms with van der Waals surface area (Å²) in [6.07, 6.45) is 5.44. The number of phenolic OH excluding ortho intramolecular Hbond substituents is 2. The molecule has 0 fully saturated rings. The Balaban J connectivity index is 3.25. The van der Waals surface area contributed by atoms with E-state index < -0.39 is 0 Å². The molecule has 1 aromatic carbocycles. The Morgan fingerprint density at radius 2 is 1.35 bits per heavy atom. The molecule has 0 saturated carbocycles. The van der Waals surface area contributed by atoms with Gasteiger partial charge in [0.05, 0.1) is 0 Å². The molecule has 0 aliphatic heterocycles. The second-order valence-corrected chi connectivity index (χ2v) is 4.61. The van der Waals surface area contributed by atoms with E-state index in [0.29, 0.717) is 11.5 Å². The quantitative estimate of drug-likeness (QED) is 0.734. The first-order chi connectivity index (χ1) is 8.15. The van der Waals surface area contributed by atoms with Crippen molar-refractivity contribution in [1.82, 2.24) is 0 Å². The molecular formula is C15H24O2. The number of aromatic hydroxyl groups is 2. The van der Waals surface area contributed by atoms with E-state index in [1.54, 1.807) is 6.07 Å². The molecule has 0 spiro atoms. The van der Waals surface area contributed by atoms with Gasteiger partial charge in [-0.05, 0) is 30.9 Å². The molecule has 0 amide bonds. The standard InChI is InChI=1S/C15H24O2/c1-4-7-11-10-14(16)12(8-5-2)13(9-6-3)15(11)17/h10,16-17H,4-9H2,1-3H3. The zero-order valence-corrected chi connectivity index (χ0v) is 11.2. The second kappa shape index (κ2) is 6.53. The van der Waals surface area contributed by atoms with Crippen LogP contribution in [0.2, 0.25) is 0 Å². The Morgan fingerprint density at radius 3 is 1.88 bits per heavy atom. The molecule has 2 heteroatoms. The summed E-state index contributed by atoms with van der Waals surface area (Å²) in [5.74, 6) is 0.770. The van der Waals surface area contributed by atoms with Crippen LogP contribution in [0.4, 0.5) is 0 Å². The molecule has 0 aliphatic rings. The molecule has 2 N–H and O–H groups in total. The first-order valence-corrected chi connectivity index (χ1v) is 6.71. The summed E-state index contributed by atoms with van der Waals surface area (Å²) in [7, 11) is 0. The van der Waals surface area contributed by atoms with Gasteiger partial charge in [0.1, 0.15) is 11.5 Å². The fourth-order valence-corrected chi connectivity index (χ4v) is 2.32. The number of phenols is 2. The van der Waals surface area contributed by atoms with Gasteiger partial charge < -0.3 is 10.2 Å². The number of rotatable bonds is 6. The average Bonchev–Trinajstić information content (AvgIpc) is 2.30. The first-order valence-electron chi connectivity index (χ1n) is 6.71. The third kappa shape index (κ3) is 3.15. The van der Waals surface area contributed by atoms with Gasteiger partial charge >= 0.3 is 0 Å². The molecule has 1 aromatic rings. The van der Waals surface area contributed by atoms with Crippen LogP contribution in [0.25, 0.3) is 0 Å². The summed E-state index contributed by atoms with van der Waals surface area (Å²) in [6, 6.07) is 1.74. The lowest BCUT2D eigenvalue weighted by molar-refractivity contribution is 0.440. The van der Waals surface area contributed by atoms with E-state index in [1.807, 2.05) is 0 Å². The third-order valence-corrected chi connectivity index (χ3v) is 3.09. The van der Waals surface area contributed by atoms with E-state index in [-0.39, 0.29) is 0 Å². The highest BCUT2D eigenvalue weighted by molar-refractivity contribution is 5.52. The molecule has 0 heterocycles. The number of aryl methyl sites for hydroxylation is 1. The fraction of sp³-hybridized carbons (Fsp3) is 0.600. The highest BCUT2D eigenvalue weighted by atomic mass is 16.3. The van der Waals surface area contributed by atoms with Crippen LogP contribution in [-0.4, -0.2) is 10.2 Å². The molecule has 0 aliphatic carbocycles. The van der Waals surface area contributed by atoms with Crippen molar-refractivity contribution in [1.29, 1.82) is 0 Å². The maximum absolute atomic E-state index is 10.3. The topological polar surface area (TPSA) is 40.5 Å². The monoisotopic (exact) mass is 236 g/mol. The van der Waals surface area contributed by atoms with Crippen molar-refractivity contribution in [2.45, 2.75) is 59.3 Å². The van der Waals surface area contributed by atoms with Crippen molar-refractivity contribution < 1.29 is 10.2 Å². The maximum Gasteiger partial charge on any atom is 0.122 e. The summed E-state index contributed by atoms with van der Waals surface area (Å²) >= 11 is 0. The molecule has 0 aromatic heterocycles. The highest BCUT2D eigenvalue weighted by Gasteiger charge is 2.15. The van der Waals surface area contributed by atoms with E-state index in [2.05, 4.69) is 20.8 Å². The van der Waals surface area contributed by atoms with Gasteiger partial charge in [-0.25, -0.2) is 0 Å². The zero-order valence-electron chi connectivity index (χ0n) is 11.2. The summed E-state index contributed by atoms with van der Waals surface area (Å²) < 4.78 is 0. The molecule has 2 nitrogen and oxygen atoms in total. The van der Waals surface area contributed by atoms with E-state index >= 15 is 0 Å². The van der Waals surface area contributed by atoms with Gasteiger partial charge in [0, 0.05) is 11.1 Å². The molecule has 0 unspecified atom stereocenters. The Morgan fingerprint density at radius 1 is 0.824 bits per heavy atom. The van der Waals surface area contributed by atoms with E-state index in [0.717, 1.165) is 55.2 Å². The van der Waals surface area contributed by atoms with Crippen LogP contribution in [-0.2, 0) is 19.3 Å². The van der Waals surface area contributed by atoms with Crippen molar-refractivity contribution in [2.24, 2.45) is 0 Å². The summed E-state index contributed by atoms with van der Waals surface area (Å²) in [4.78, 5) is 0. The molecule has 0 bridgehead atoms. The van der Waals surface area contributed by atoms with Crippen molar-refractivity contribution in [2.75, 3.05) is 0 Å². The fourth-order valence-electron chi connectivity index (χ4n) is 2.32. The van der Waals surface area contributed by atoms with Crippen LogP contribution in [0.15, 0.2) is 6.07 Å². The normalized spacial score (nSPS) is 10.8. The number of hydrogen-bond donors (Lipinski definition) is 2. The minimum absolute atomic E-state index is 0.358. The van der Waals surface area contributed by atoms with Gasteiger partial charge in [-0.15, -0.1) is 0 Å². The van der Waals surface area contributed by atoms with E-state index in [9.17, 15) is 10.2 Å². The number of hydrogen-bond acceptors (Lipinski definition) is 2. The van der Waals surface area contributed by atoms with E-state index in [1.165, 1.54) is 0 Å². The smallest absolute Gasteiger partial charge is 0.122 e. The molecule has 17 heavy (non-hydrogen) atoms. The highest BCUT2D eigenvalue weighted by Crippen LogP contribution is 2.35. The van der Waals surface area contributed by atoms with Crippen LogP contribution in [0.5, 0.6) is 11.5 Å².